The van der Waals surface area contributed by atoms with Crippen molar-refractivity contribution in [1.29, 1.82) is 0 Å². The van der Waals surface area contributed by atoms with Crippen LogP contribution in [0.5, 0.6) is 0 Å². The van der Waals surface area contributed by atoms with Crippen LogP contribution in [0, 0.1) is 0 Å². The Morgan fingerprint density at radius 3 is 2.79 bits per heavy atom. The van der Waals surface area contributed by atoms with Gasteiger partial charge in [0.05, 0.1) is 18.1 Å². The molecule has 0 saturated carbocycles. The maximum Gasteiger partial charge on any atom is 0.0859 e. The topological polar surface area (TPSA) is 42.7 Å². The van der Waals surface area contributed by atoms with Crippen LogP contribution in [-0.2, 0) is 6.42 Å². The molecular weight excluding hydrogens is 260 g/mol. The highest BCUT2D eigenvalue weighted by molar-refractivity contribution is 5.85. The van der Waals surface area contributed by atoms with Crippen molar-refractivity contribution in [3.05, 3.63) is 42.2 Å². The molecule has 1 saturated heterocycles. The SMILES string of the molecule is Cl.c1cc(CC2CCCCN2)cc(-n2nccn2)c1. The highest BCUT2D eigenvalue weighted by atomic mass is 35.5. The molecule has 2 heterocycles. The fourth-order valence-electron chi connectivity index (χ4n) is 2.54. The lowest BCUT2D eigenvalue weighted by Gasteiger charge is -2.23. The van der Waals surface area contributed by atoms with Crippen molar-refractivity contribution in [1.82, 2.24) is 20.3 Å². The Labute approximate surface area is 119 Å². The monoisotopic (exact) mass is 278 g/mol. The minimum atomic E-state index is 0. The van der Waals surface area contributed by atoms with E-state index < -0.39 is 0 Å². The largest absolute Gasteiger partial charge is 0.314 e. The number of rotatable bonds is 3. The Kier molecular flexibility index (Phi) is 4.93. The lowest BCUT2D eigenvalue weighted by molar-refractivity contribution is 0.399. The Morgan fingerprint density at radius 1 is 1.21 bits per heavy atom. The summed E-state index contributed by atoms with van der Waals surface area (Å²) in [6.07, 6.45) is 8.44. The number of hydrogen-bond acceptors (Lipinski definition) is 3. The van der Waals surface area contributed by atoms with E-state index in [0.717, 1.165) is 18.7 Å². The first-order valence-electron chi connectivity index (χ1n) is 6.61. The zero-order chi connectivity index (χ0) is 12.2. The van der Waals surface area contributed by atoms with Crippen LogP contribution in [0.1, 0.15) is 24.8 Å². The number of aromatic nitrogens is 3. The quantitative estimate of drug-likeness (QED) is 0.937. The molecule has 1 unspecified atom stereocenters. The molecule has 2 aromatic rings. The second kappa shape index (κ2) is 6.68. The van der Waals surface area contributed by atoms with Crippen LogP contribution >= 0.6 is 12.4 Å². The van der Waals surface area contributed by atoms with Gasteiger partial charge in [-0.2, -0.15) is 15.0 Å². The van der Waals surface area contributed by atoms with Crippen molar-refractivity contribution in [2.75, 3.05) is 6.54 Å². The summed E-state index contributed by atoms with van der Waals surface area (Å²) >= 11 is 0. The number of nitrogens with zero attached hydrogens (tertiary/aromatic N) is 3. The summed E-state index contributed by atoms with van der Waals surface area (Å²) < 4.78 is 0. The molecule has 1 atom stereocenters. The van der Waals surface area contributed by atoms with Gasteiger partial charge in [0.1, 0.15) is 0 Å². The lowest BCUT2D eigenvalue weighted by Crippen LogP contribution is -2.35. The van der Waals surface area contributed by atoms with Crippen LogP contribution in [0.4, 0.5) is 0 Å². The van der Waals surface area contributed by atoms with Crippen LogP contribution in [0.25, 0.3) is 5.69 Å². The Bertz CT molecular complexity index is 492. The molecule has 1 aliphatic rings. The van der Waals surface area contributed by atoms with E-state index in [4.69, 9.17) is 0 Å². The number of benzene rings is 1. The molecule has 0 amide bonds. The van der Waals surface area contributed by atoms with Crippen molar-refractivity contribution >= 4 is 12.4 Å². The van der Waals surface area contributed by atoms with E-state index in [1.807, 2.05) is 6.07 Å². The van der Waals surface area contributed by atoms with Gasteiger partial charge in [-0.25, -0.2) is 0 Å². The van der Waals surface area contributed by atoms with E-state index >= 15 is 0 Å². The van der Waals surface area contributed by atoms with Crippen LogP contribution in [-0.4, -0.2) is 27.6 Å². The summed E-state index contributed by atoms with van der Waals surface area (Å²) in [6, 6.07) is 9.10. The summed E-state index contributed by atoms with van der Waals surface area (Å²) in [5.41, 5.74) is 2.39. The van der Waals surface area contributed by atoms with Crippen LogP contribution in [0.15, 0.2) is 36.7 Å². The smallest absolute Gasteiger partial charge is 0.0859 e. The average Bonchev–Trinajstić information content (AvgIpc) is 2.94. The molecule has 102 valence electrons. The third-order valence-corrected chi connectivity index (χ3v) is 3.45. The van der Waals surface area contributed by atoms with Gasteiger partial charge in [0.2, 0.25) is 0 Å². The van der Waals surface area contributed by atoms with Crippen molar-refractivity contribution in [2.45, 2.75) is 31.7 Å². The second-order valence-electron chi connectivity index (χ2n) is 4.84. The van der Waals surface area contributed by atoms with E-state index in [9.17, 15) is 0 Å². The first-order chi connectivity index (χ1) is 8.92. The van der Waals surface area contributed by atoms with Gasteiger partial charge in [0.15, 0.2) is 0 Å². The van der Waals surface area contributed by atoms with E-state index in [1.165, 1.54) is 24.8 Å². The summed E-state index contributed by atoms with van der Waals surface area (Å²) in [7, 11) is 0. The third-order valence-electron chi connectivity index (χ3n) is 3.45. The Balaban J connectivity index is 0.00000133. The number of nitrogens with one attached hydrogen (secondary N) is 1. The molecule has 4 nitrogen and oxygen atoms in total. The molecule has 1 aliphatic heterocycles. The molecule has 3 rings (SSSR count). The predicted molar refractivity (Wildman–Crippen MR) is 78.0 cm³/mol. The van der Waals surface area contributed by atoms with Gasteiger partial charge < -0.3 is 5.32 Å². The van der Waals surface area contributed by atoms with Gasteiger partial charge in [0, 0.05) is 6.04 Å². The zero-order valence-corrected chi connectivity index (χ0v) is 11.6. The summed E-state index contributed by atoms with van der Waals surface area (Å²) in [5.74, 6) is 0. The standard InChI is InChI=1S/C14H18N4.ClH/c1-2-7-15-13(5-1)10-12-4-3-6-14(11-12)18-16-8-9-17-18;/h3-4,6,8-9,11,13,15H,1-2,5,7,10H2;1H. The molecule has 5 heteroatoms. The normalized spacial score (nSPS) is 18.8. The van der Waals surface area contributed by atoms with Crippen LogP contribution in [0.3, 0.4) is 0 Å². The van der Waals surface area contributed by atoms with Gasteiger partial charge in [-0.15, -0.1) is 12.4 Å². The van der Waals surface area contributed by atoms with Gasteiger partial charge in [-0.3, -0.25) is 0 Å². The van der Waals surface area contributed by atoms with E-state index in [2.05, 4.69) is 33.7 Å². The molecule has 0 bridgehead atoms. The minimum Gasteiger partial charge on any atom is -0.314 e. The molecule has 0 radical (unpaired) electrons. The van der Waals surface area contributed by atoms with Crippen LogP contribution < -0.4 is 5.32 Å². The highest BCUT2D eigenvalue weighted by Crippen LogP contribution is 2.15. The first-order valence-corrected chi connectivity index (χ1v) is 6.61. The third kappa shape index (κ3) is 3.55. The van der Waals surface area contributed by atoms with E-state index in [0.29, 0.717) is 6.04 Å². The van der Waals surface area contributed by atoms with Crippen LogP contribution in [0.2, 0.25) is 0 Å². The molecule has 0 aliphatic carbocycles. The van der Waals surface area contributed by atoms with Gasteiger partial charge in [-0.1, -0.05) is 18.6 Å². The predicted octanol–water partition coefficient (Wildman–Crippen LogP) is 2.37. The Morgan fingerprint density at radius 2 is 2.05 bits per heavy atom. The maximum absolute atomic E-state index is 4.16. The van der Waals surface area contributed by atoms with E-state index in [-0.39, 0.29) is 12.4 Å². The van der Waals surface area contributed by atoms with Gasteiger partial charge in [-0.05, 0) is 43.5 Å². The first kappa shape index (κ1) is 14.0. The highest BCUT2D eigenvalue weighted by Gasteiger charge is 2.13. The molecule has 1 aromatic carbocycles. The van der Waals surface area contributed by atoms with Gasteiger partial charge in [0.25, 0.3) is 0 Å². The fourth-order valence-corrected chi connectivity index (χ4v) is 2.54. The number of hydrogen-bond donors (Lipinski definition) is 1. The van der Waals surface area contributed by atoms with E-state index in [1.54, 1.807) is 17.2 Å². The minimum absolute atomic E-state index is 0. The molecule has 1 fully saturated rings. The fraction of sp³-hybridized carbons (Fsp3) is 0.429. The molecule has 1 aromatic heterocycles. The summed E-state index contributed by atoms with van der Waals surface area (Å²) in [5, 5.41) is 11.9. The molecule has 0 spiro atoms. The second-order valence-corrected chi connectivity index (χ2v) is 4.84. The number of piperidine rings is 1. The summed E-state index contributed by atoms with van der Waals surface area (Å²) in [4.78, 5) is 1.66. The molecular formula is C14H19ClN4. The van der Waals surface area contributed by atoms with Crippen molar-refractivity contribution in [3.63, 3.8) is 0 Å². The van der Waals surface area contributed by atoms with Crippen molar-refractivity contribution in [2.24, 2.45) is 0 Å². The number of halogens is 1. The average molecular weight is 279 g/mol. The summed E-state index contributed by atoms with van der Waals surface area (Å²) in [6.45, 7) is 1.16. The van der Waals surface area contributed by atoms with Gasteiger partial charge >= 0.3 is 0 Å². The lowest BCUT2D eigenvalue weighted by atomic mass is 9.97. The molecule has 19 heavy (non-hydrogen) atoms. The zero-order valence-electron chi connectivity index (χ0n) is 10.8. The van der Waals surface area contributed by atoms with Crippen molar-refractivity contribution < 1.29 is 0 Å². The van der Waals surface area contributed by atoms with Crippen molar-refractivity contribution in [3.8, 4) is 5.69 Å². The molecule has 1 N–H and O–H groups in total. The maximum atomic E-state index is 4.16. The Hall–Kier alpha value is -1.39.